The lowest BCUT2D eigenvalue weighted by atomic mass is 10.1. The van der Waals surface area contributed by atoms with Gasteiger partial charge < -0.3 is 10.4 Å². The smallest absolute Gasteiger partial charge is 0.271 e. The maximum atomic E-state index is 12.0. The molecule has 0 unspecified atom stereocenters. The topological polar surface area (TPSA) is 90.8 Å². The second-order valence-corrected chi connectivity index (χ2v) is 6.64. The van der Waals surface area contributed by atoms with Crippen LogP contribution in [0.4, 0.5) is 5.69 Å². The number of carbonyl (C=O) groups excluding carboxylic acids is 2. The molecule has 0 radical (unpaired) electrons. The quantitative estimate of drug-likeness (QED) is 0.464. The van der Waals surface area contributed by atoms with Crippen LogP contribution in [-0.4, -0.2) is 22.6 Å². The Labute approximate surface area is 160 Å². The van der Waals surface area contributed by atoms with E-state index in [4.69, 9.17) is 0 Å². The lowest BCUT2D eigenvalue weighted by Gasteiger charge is -2.06. The van der Waals surface area contributed by atoms with Gasteiger partial charge in [-0.15, -0.1) is 11.3 Å². The molecular formula is C20H17N3O3S. The first-order valence-corrected chi connectivity index (χ1v) is 9.00. The Bertz CT molecular complexity index is 963. The molecule has 0 spiro atoms. The summed E-state index contributed by atoms with van der Waals surface area (Å²) in [4.78, 5) is 24.7. The van der Waals surface area contributed by atoms with Crippen LogP contribution < -0.4 is 10.7 Å². The number of anilines is 1. The van der Waals surface area contributed by atoms with Crippen LogP contribution in [0.1, 0.15) is 32.5 Å². The van der Waals surface area contributed by atoms with Crippen LogP contribution in [0.25, 0.3) is 0 Å². The summed E-state index contributed by atoms with van der Waals surface area (Å²) in [5.74, 6) is -0.420. The van der Waals surface area contributed by atoms with Gasteiger partial charge in [0.15, 0.2) is 0 Å². The fourth-order valence-electron chi connectivity index (χ4n) is 2.27. The number of rotatable bonds is 5. The first kappa shape index (κ1) is 18.3. The van der Waals surface area contributed by atoms with E-state index in [1.165, 1.54) is 35.6 Å². The van der Waals surface area contributed by atoms with Crippen LogP contribution >= 0.6 is 11.3 Å². The number of benzene rings is 2. The minimum atomic E-state index is -0.366. The molecule has 0 aliphatic carbocycles. The largest absolute Gasteiger partial charge is 0.508 e. The van der Waals surface area contributed by atoms with Gasteiger partial charge in [0.2, 0.25) is 0 Å². The predicted octanol–water partition coefficient (Wildman–Crippen LogP) is 3.86. The second-order valence-electron chi connectivity index (χ2n) is 5.69. The first-order valence-electron chi connectivity index (χ1n) is 8.12. The maximum absolute atomic E-state index is 12.0. The molecule has 0 aliphatic rings. The van der Waals surface area contributed by atoms with Crippen molar-refractivity contribution in [2.24, 2.45) is 5.10 Å². The number of hydrazone groups is 1. The minimum absolute atomic E-state index is 0.0949. The summed E-state index contributed by atoms with van der Waals surface area (Å²) in [5, 5.41) is 18.0. The van der Waals surface area contributed by atoms with Crippen LogP contribution in [0.15, 0.2) is 71.1 Å². The molecule has 2 aromatic carbocycles. The third kappa shape index (κ3) is 4.80. The van der Waals surface area contributed by atoms with Crippen molar-refractivity contribution in [2.45, 2.75) is 6.92 Å². The van der Waals surface area contributed by atoms with Gasteiger partial charge in [0.05, 0.1) is 10.6 Å². The molecule has 6 nitrogen and oxygen atoms in total. The number of hydrogen-bond donors (Lipinski definition) is 3. The SMILES string of the molecule is C/C(=N\NC(=O)c1ccc(O)cc1)c1ccc(NC(=O)c2cccs2)cc1. The van der Waals surface area contributed by atoms with Crippen LogP contribution in [0.5, 0.6) is 5.75 Å². The molecule has 1 heterocycles. The minimum Gasteiger partial charge on any atom is -0.508 e. The van der Waals surface area contributed by atoms with Crippen molar-refractivity contribution in [2.75, 3.05) is 5.32 Å². The summed E-state index contributed by atoms with van der Waals surface area (Å²) in [7, 11) is 0. The summed E-state index contributed by atoms with van der Waals surface area (Å²) in [6.07, 6.45) is 0. The van der Waals surface area contributed by atoms with Gasteiger partial charge in [-0.25, -0.2) is 5.43 Å². The highest BCUT2D eigenvalue weighted by atomic mass is 32.1. The molecule has 0 bridgehead atoms. The number of nitrogens with zero attached hydrogens (tertiary/aromatic N) is 1. The lowest BCUT2D eigenvalue weighted by molar-refractivity contribution is 0.0954. The summed E-state index contributed by atoms with van der Waals surface area (Å²) in [6, 6.07) is 16.7. The van der Waals surface area contributed by atoms with Gasteiger partial charge in [-0.2, -0.15) is 5.10 Å². The molecule has 1 aromatic heterocycles. The Balaban J connectivity index is 1.62. The zero-order valence-electron chi connectivity index (χ0n) is 14.5. The molecule has 0 atom stereocenters. The number of hydrogen-bond acceptors (Lipinski definition) is 5. The van der Waals surface area contributed by atoms with Crippen molar-refractivity contribution < 1.29 is 14.7 Å². The molecule has 0 saturated carbocycles. The van der Waals surface area contributed by atoms with Crippen molar-refractivity contribution in [1.82, 2.24) is 5.43 Å². The van der Waals surface area contributed by atoms with Crippen molar-refractivity contribution in [1.29, 1.82) is 0 Å². The second kappa shape index (κ2) is 8.29. The van der Waals surface area contributed by atoms with Gasteiger partial charge >= 0.3 is 0 Å². The molecule has 0 fully saturated rings. The zero-order valence-corrected chi connectivity index (χ0v) is 15.3. The van der Waals surface area contributed by atoms with Crippen molar-refractivity contribution >= 4 is 34.6 Å². The molecule has 2 amide bonds. The Morgan fingerprint density at radius 3 is 2.22 bits per heavy atom. The van der Waals surface area contributed by atoms with E-state index >= 15 is 0 Å². The van der Waals surface area contributed by atoms with E-state index in [1.807, 2.05) is 23.6 Å². The third-order valence-electron chi connectivity index (χ3n) is 3.76. The van der Waals surface area contributed by atoms with Crippen LogP contribution in [-0.2, 0) is 0 Å². The highest BCUT2D eigenvalue weighted by Gasteiger charge is 2.08. The number of carbonyl (C=O) groups is 2. The number of aromatic hydroxyl groups is 1. The van der Waals surface area contributed by atoms with E-state index in [-0.39, 0.29) is 17.6 Å². The fraction of sp³-hybridized carbons (Fsp3) is 0.0500. The molecule has 3 aromatic rings. The molecule has 0 aliphatic heterocycles. The number of phenolic OH excluding ortho intramolecular Hbond substituents is 1. The van der Waals surface area contributed by atoms with E-state index in [0.29, 0.717) is 21.8 Å². The number of amides is 2. The Morgan fingerprint density at radius 1 is 0.926 bits per heavy atom. The Hall–Kier alpha value is -3.45. The molecule has 27 heavy (non-hydrogen) atoms. The van der Waals surface area contributed by atoms with Crippen molar-refractivity contribution in [3.05, 3.63) is 82.0 Å². The highest BCUT2D eigenvalue weighted by molar-refractivity contribution is 7.12. The van der Waals surface area contributed by atoms with Crippen LogP contribution in [0, 0.1) is 0 Å². The standard InChI is InChI=1S/C20H17N3O3S/c1-13(22-23-19(25)15-6-10-17(24)11-7-15)14-4-8-16(9-5-14)21-20(26)18-3-2-12-27-18/h2-12,24H,1H3,(H,21,26)(H,23,25)/b22-13+. The van der Waals surface area contributed by atoms with E-state index in [2.05, 4.69) is 15.8 Å². The van der Waals surface area contributed by atoms with Crippen LogP contribution in [0.3, 0.4) is 0 Å². The summed E-state index contributed by atoms with van der Waals surface area (Å²) < 4.78 is 0. The van der Waals surface area contributed by atoms with Gasteiger partial charge in [0.25, 0.3) is 11.8 Å². The normalized spacial score (nSPS) is 11.1. The fourth-order valence-corrected chi connectivity index (χ4v) is 2.89. The molecule has 7 heteroatoms. The summed E-state index contributed by atoms with van der Waals surface area (Å²) in [5.41, 5.74) is 5.00. The van der Waals surface area contributed by atoms with Crippen molar-refractivity contribution in [3.8, 4) is 5.75 Å². The van der Waals surface area contributed by atoms with E-state index in [0.717, 1.165) is 5.56 Å². The van der Waals surface area contributed by atoms with Gasteiger partial charge in [0.1, 0.15) is 5.75 Å². The molecule has 3 rings (SSSR count). The van der Waals surface area contributed by atoms with Gasteiger partial charge in [-0.05, 0) is 60.3 Å². The first-order chi connectivity index (χ1) is 13.0. The average molecular weight is 379 g/mol. The number of nitrogens with one attached hydrogen (secondary N) is 2. The lowest BCUT2D eigenvalue weighted by Crippen LogP contribution is -2.19. The predicted molar refractivity (Wildman–Crippen MR) is 106 cm³/mol. The Kier molecular flexibility index (Phi) is 5.63. The monoisotopic (exact) mass is 379 g/mol. The summed E-state index contributed by atoms with van der Waals surface area (Å²) >= 11 is 1.38. The van der Waals surface area contributed by atoms with Crippen LogP contribution in [0.2, 0.25) is 0 Å². The number of thiophene rings is 1. The van der Waals surface area contributed by atoms with E-state index in [9.17, 15) is 14.7 Å². The van der Waals surface area contributed by atoms with Gasteiger partial charge in [-0.1, -0.05) is 18.2 Å². The van der Waals surface area contributed by atoms with Gasteiger partial charge in [-0.3, -0.25) is 9.59 Å². The Morgan fingerprint density at radius 2 is 1.59 bits per heavy atom. The van der Waals surface area contributed by atoms with E-state index < -0.39 is 0 Å². The summed E-state index contributed by atoms with van der Waals surface area (Å²) in [6.45, 7) is 1.77. The number of phenols is 1. The molecule has 136 valence electrons. The third-order valence-corrected chi connectivity index (χ3v) is 4.63. The zero-order chi connectivity index (χ0) is 19.2. The maximum Gasteiger partial charge on any atom is 0.271 e. The molecule has 0 saturated heterocycles. The van der Waals surface area contributed by atoms with Crippen molar-refractivity contribution in [3.63, 3.8) is 0 Å². The van der Waals surface area contributed by atoms with E-state index in [1.54, 1.807) is 25.1 Å². The molecular weight excluding hydrogens is 362 g/mol. The van der Waals surface area contributed by atoms with Gasteiger partial charge in [0, 0.05) is 11.3 Å². The molecule has 3 N–H and O–H groups in total. The average Bonchev–Trinajstić information content (AvgIpc) is 3.22. The highest BCUT2D eigenvalue weighted by Crippen LogP contribution is 2.15.